The van der Waals surface area contributed by atoms with Gasteiger partial charge in [0.1, 0.15) is 23.9 Å². The fourth-order valence-corrected chi connectivity index (χ4v) is 2.12. The minimum absolute atomic E-state index is 0.0149. The van der Waals surface area contributed by atoms with Gasteiger partial charge in [-0.3, -0.25) is 10.1 Å². The summed E-state index contributed by atoms with van der Waals surface area (Å²) < 4.78 is 18.9. The summed E-state index contributed by atoms with van der Waals surface area (Å²) in [4.78, 5) is 10.5. The number of halogens is 2. The molecule has 0 aromatic heterocycles. The summed E-state index contributed by atoms with van der Waals surface area (Å²) in [6.07, 6.45) is 0. The molecule has 0 aliphatic heterocycles. The van der Waals surface area contributed by atoms with E-state index in [9.17, 15) is 14.5 Å². The summed E-state index contributed by atoms with van der Waals surface area (Å²) in [5.41, 5.74) is 1.08. The van der Waals surface area contributed by atoms with Gasteiger partial charge in [0.2, 0.25) is 0 Å². The van der Waals surface area contributed by atoms with Gasteiger partial charge >= 0.3 is 0 Å². The van der Waals surface area contributed by atoms with Crippen molar-refractivity contribution in [2.24, 2.45) is 0 Å². The average Bonchev–Trinajstić information content (AvgIpc) is 2.48. The first-order valence-electron chi connectivity index (χ1n) is 6.04. The van der Waals surface area contributed by atoms with Crippen LogP contribution < -0.4 is 10.1 Å². The van der Waals surface area contributed by atoms with E-state index in [0.717, 1.165) is 0 Å². The molecule has 0 radical (unpaired) electrons. The third kappa shape index (κ3) is 3.69. The van der Waals surface area contributed by atoms with Crippen LogP contribution in [-0.4, -0.2) is 12.0 Å². The Morgan fingerprint density at radius 2 is 2.10 bits per heavy atom. The molecule has 0 saturated heterocycles. The molecule has 7 heteroatoms. The molecule has 1 N–H and O–H groups in total. The number of benzene rings is 2. The Hall–Kier alpha value is -2.15. The van der Waals surface area contributed by atoms with E-state index in [1.165, 1.54) is 24.3 Å². The van der Waals surface area contributed by atoms with Gasteiger partial charge in [0.15, 0.2) is 0 Å². The van der Waals surface area contributed by atoms with E-state index < -0.39 is 4.92 Å². The molecule has 21 heavy (non-hydrogen) atoms. The Labute approximate surface area is 129 Å². The number of nitrogens with one attached hydrogen (secondary N) is 1. The topological polar surface area (TPSA) is 64.4 Å². The molecule has 0 spiro atoms. The van der Waals surface area contributed by atoms with Gasteiger partial charge < -0.3 is 10.1 Å². The summed E-state index contributed by atoms with van der Waals surface area (Å²) in [6, 6.07) is 9.09. The lowest BCUT2D eigenvalue weighted by Gasteiger charge is -2.08. The lowest BCUT2D eigenvalue weighted by molar-refractivity contribution is -0.384. The van der Waals surface area contributed by atoms with Crippen molar-refractivity contribution in [2.75, 3.05) is 12.4 Å². The van der Waals surface area contributed by atoms with Crippen molar-refractivity contribution >= 4 is 27.3 Å². The number of anilines is 1. The van der Waals surface area contributed by atoms with Crippen molar-refractivity contribution in [1.29, 1.82) is 0 Å². The molecular weight excluding hydrogens is 343 g/mol. The van der Waals surface area contributed by atoms with Gasteiger partial charge in [-0.1, -0.05) is 6.07 Å². The molecule has 110 valence electrons. The molecule has 0 heterocycles. The summed E-state index contributed by atoms with van der Waals surface area (Å²) in [6.45, 7) is 0.156. The van der Waals surface area contributed by atoms with Crippen LogP contribution in [0.25, 0.3) is 0 Å². The van der Waals surface area contributed by atoms with Crippen LogP contribution in [0.1, 0.15) is 5.56 Å². The molecule has 2 aromatic carbocycles. The Balaban J connectivity index is 2.14. The zero-order valence-electron chi connectivity index (χ0n) is 11.1. The van der Waals surface area contributed by atoms with Gasteiger partial charge in [-0.05, 0) is 45.8 Å². The molecule has 0 unspecified atom stereocenters. The molecular formula is C14H12BrFN2O3. The van der Waals surface area contributed by atoms with E-state index in [4.69, 9.17) is 4.74 Å². The maximum Gasteiger partial charge on any atom is 0.292 e. The molecule has 0 amide bonds. The third-order valence-corrected chi connectivity index (χ3v) is 3.43. The van der Waals surface area contributed by atoms with Crippen molar-refractivity contribution in [3.05, 3.63) is 62.4 Å². The molecule has 0 atom stereocenters. The number of nitrogens with zero attached hydrogens (tertiary/aromatic N) is 1. The molecule has 2 aromatic rings. The molecule has 0 aliphatic rings. The van der Waals surface area contributed by atoms with Gasteiger partial charge in [-0.25, -0.2) is 4.39 Å². The van der Waals surface area contributed by atoms with Gasteiger partial charge in [0, 0.05) is 13.1 Å². The number of nitro groups is 1. The van der Waals surface area contributed by atoms with Gasteiger partial charge in [-0.2, -0.15) is 0 Å². The normalized spacial score (nSPS) is 10.2. The second kappa shape index (κ2) is 6.53. The van der Waals surface area contributed by atoms with E-state index in [1.54, 1.807) is 19.2 Å². The standard InChI is InChI=1S/C14H12BrFN2O3/c1-17-13-5-2-9(6-14(13)18(19)20)8-21-10-3-4-12(16)11(15)7-10/h2-7,17H,8H2,1H3. The minimum atomic E-state index is -0.455. The Morgan fingerprint density at radius 1 is 1.33 bits per heavy atom. The minimum Gasteiger partial charge on any atom is -0.489 e. The van der Waals surface area contributed by atoms with Crippen molar-refractivity contribution in [1.82, 2.24) is 0 Å². The summed E-state index contributed by atoms with van der Waals surface area (Å²) in [7, 11) is 1.62. The van der Waals surface area contributed by atoms with E-state index in [0.29, 0.717) is 21.5 Å². The molecule has 0 saturated carbocycles. The molecule has 0 aliphatic carbocycles. The predicted molar refractivity (Wildman–Crippen MR) is 81.1 cm³/mol. The van der Waals surface area contributed by atoms with Crippen LogP contribution in [0, 0.1) is 15.9 Å². The zero-order valence-corrected chi connectivity index (χ0v) is 12.7. The van der Waals surface area contributed by atoms with E-state index >= 15 is 0 Å². The van der Waals surface area contributed by atoms with Crippen LogP contribution in [0.3, 0.4) is 0 Å². The van der Waals surface area contributed by atoms with E-state index in [1.807, 2.05) is 0 Å². The second-order valence-electron chi connectivity index (χ2n) is 4.22. The van der Waals surface area contributed by atoms with Gasteiger partial charge in [0.05, 0.1) is 9.40 Å². The lowest BCUT2D eigenvalue weighted by atomic mass is 10.2. The Bertz CT molecular complexity index is 679. The Morgan fingerprint density at radius 3 is 2.71 bits per heavy atom. The first kappa shape index (κ1) is 15.2. The highest BCUT2D eigenvalue weighted by atomic mass is 79.9. The van der Waals surface area contributed by atoms with Gasteiger partial charge in [-0.15, -0.1) is 0 Å². The fraction of sp³-hybridized carbons (Fsp3) is 0.143. The number of hydrogen-bond acceptors (Lipinski definition) is 4. The first-order chi connectivity index (χ1) is 10.0. The quantitative estimate of drug-likeness (QED) is 0.647. The lowest BCUT2D eigenvalue weighted by Crippen LogP contribution is -2.00. The zero-order chi connectivity index (χ0) is 15.4. The average molecular weight is 355 g/mol. The monoisotopic (exact) mass is 354 g/mol. The number of rotatable bonds is 5. The predicted octanol–water partition coefficient (Wildman–Crippen LogP) is 4.12. The van der Waals surface area contributed by atoms with Crippen molar-refractivity contribution in [3.8, 4) is 5.75 Å². The molecule has 5 nitrogen and oxygen atoms in total. The van der Waals surface area contributed by atoms with Crippen molar-refractivity contribution in [3.63, 3.8) is 0 Å². The van der Waals surface area contributed by atoms with Crippen LogP contribution in [0.5, 0.6) is 5.75 Å². The smallest absolute Gasteiger partial charge is 0.292 e. The van der Waals surface area contributed by atoms with Crippen LogP contribution >= 0.6 is 15.9 Å². The summed E-state index contributed by atoms with van der Waals surface area (Å²) in [5.74, 6) is 0.0972. The number of hydrogen-bond donors (Lipinski definition) is 1. The van der Waals surface area contributed by atoms with Crippen LogP contribution in [0.4, 0.5) is 15.8 Å². The Kier molecular flexibility index (Phi) is 4.74. The van der Waals surface area contributed by atoms with E-state index in [-0.39, 0.29) is 18.1 Å². The van der Waals surface area contributed by atoms with Gasteiger partial charge in [0.25, 0.3) is 5.69 Å². The second-order valence-corrected chi connectivity index (χ2v) is 5.08. The third-order valence-electron chi connectivity index (χ3n) is 2.82. The highest BCUT2D eigenvalue weighted by Gasteiger charge is 2.13. The summed E-state index contributed by atoms with van der Waals surface area (Å²) in [5, 5.41) is 13.7. The number of nitro benzene ring substituents is 1. The largest absolute Gasteiger partial charge is 0.489 e. The number of ether oxygens (including phenoxy) is 1. The highest BCUT2D eigenvalue weighted by molar-refractivity contribution is 9.10. The summed E-state index contributed by atoms with van der Waals surface area (Å²) >= 11 is 3.07. The van der Waals surface area contributed by atoms with Crippen LogP contribution in [0.2, 0.25) is 0 Å². The van der Waals surface area contributed by atoms with E-state index in [2.05, 4.69) is 21.2 Å². The maximum absolute atomic E-state index is 13.1. The first-order valence-corrected chi connectivity index (χ1v) is 6.83. The van der Waals surface area contributed by atoms with Crippen molar-refractivity contribution < 1.29 is 14.1 Å². The highest BCUT2D eigenvalue weighted by Crippen LogP contribution is 2.26. The van der Waals surface area contributed by atoms with Crippen LogP contribution in [-0.2, 0) is 6.61 Å². The molecule has 0 fully saturated rings. The maximum atomic E-state index is 13.1. The van der Waals surface area contributed by atoms with Crippen LogP contribution in [0.15, 0.2) is 40.9 Å². The van der Waals surface area contributed by atoms with Crippen molar-refractivity contribution in [2.45, 2.75) is 6.61 Å². The SMILES string of the molecule is CNc1ccc(COc2ccc(F)c(Br)c2)cc1[N+](=O)[O-]. The fourth-order valence-electron chi connectivity index (χ4n) is 1.76. The molecule has 2 rings (SSSR count). The molecule has 0 bridgehead atoms.